The van der Waals surface area contributed by atoms with Gasteiger partial charge in [-0.3, -0.25) is 0 Å². The summed E-state index contributed by atoms with van der Waals surface area (Å²) >= 11 is 3.53. The number of hydrogen-bond acceptors (Lipinski definition) is 4. The second-order valence-corrected chi connectivity index (χ2v) is 6.58. The van der Waals surface area contributed by atoms with E-state index in [0.717, 1.165) is 17.9 Å². The maximum atomic E-state index is 9.92. The molecule has 1 aromatic carbocycles. The molecule has 0 bridgehead atoms. The predicted octanol–water partition coefficient (Wildman–Crippen LogP) is 3.34. The third-order valence-corrected chi connectivity index (χ3v) is 5.43. The molecule has 0 aliphatic rings. The van der Waals surface area contributed by atoms with Gasteiger partial charge in [0.15, 0.2) is 0 Å². The molecule has 1 atom stereocenters. The molecule has 2 N–H and O–H groups in total. The van der Waals surface area contributed by atoms with Crippen LogP contribution < -0.4 is 5.32 Å². The van der Waals surface area contributed by atoms with Crippen LogP contribution in [0.1, 0.15) is 12.5 Å². The summed E-state index contributed by atoms with van der Waals surface area (Å²) in [6, 6.07) is 14.4. The summed E-state index contributed by atoms with van der Waals surface area (Å²) in [6.45, 7) is 3.01. The van der Waals surface area contributed by atoms with Gasteiger partial charge in [-0.05, 0) is 23.6 Å². The van der Waals surface area contributed by atoms with Crippen LogP contribution in [0.25, 0.3) is 0 Å². The van der Waals surface area contributed by atoms with Gasteiger partial charge in [-0.2, -0.15) is 0 Å². The Labute approximate surface area is 122 Å². The van der Waals surface area contributed by atoms with E-state index in [2.05, 4.69) is 41.9 Å². The lowest BCUT2D eigenvalue weighted by molar-refractivity contribution is 0.181. The molecule has 1 unspecified atom stereocenters. The maximum Gasteiger partial charge on any atom is 0.0764 e. The molecule has 2 nitrogen and oxygen atoms in total. The third-order valence-electron chi connectivity index (χ3n) is 3.07. The Morgan fingerprint density at radius 3 is 2.58 bits per heavy atom. The quantitative estimate of drug-likeness (QED) is 0.768. The van der Waals surface area contributed by atoms with Crippen LogP contribution in [-0.4, -0.2) is 24.0 Å². The maximum absolute atomic E-state index is 9.92. The van der Waals surface area contributed by atoms with E-state index in [0.29, 0.717) is 0 Å². The van der Waals surface area contributed by atoms with Crippen molar-refractivity contribution in [2.75, 3.05) is 18.9 Å². The van der Waals surface area contributed by atoms with Crippen molar-refractivity contribution in [3.05, 3.63) is 53.4 Å². The van der Waals surface area contributed by atoms with Crippen molar-refractivity contribution in [1.82, 2.24) is 5.32 Å². The minimum atomic E-state index is -0.370. The molecule has 0 aliphatic heterocycles. The van der Waals surface area contributed by atoms with Crippen molar-refractivity contribution in [3.63, 3.8) is 0 Å². The Balaban J connectivity index is 2.18. The fourth-order valence-corrected chi connectivity index (χ4v) is 4.05. The van der Waals surface area contributed by atoms with Crippen LogP contribution >= 0.6 is 23.1 Å². The lowest BCUT2D eigenvalue weighted by Crippen LogP contribution is -2.47. The summed E-state index contributed by atoms with van der Waals surface area (Å²) < 4.78 is 1.28. The van der Waals surface area contributed by atoms with Crippen molar-refractivity contribution < 1.29 is 5.11 Å². The van der Waals surface area contributed by atoms with Gasteiger partial charge in [0.05, 0.1) is 16.4 Å². The topological polar surface area (TPSA) is 32.3 Å². The summed E-state index contributed by atoms with van der Waals surface area (Å²) in [7, 11) is 0. The highest BCUT2D eigenvalue weighted by atomic mass is 32.2. The van der Waals surface area contributed by atoms with Crippen LogP contribution in [0.4, 0.5) is 0 Å². The summed E-state index contributed by atoms with van der Waals surface area (Å²) in [6.07, 6.45) is 0. The lowest BCUT2D eigenvalue weighted by atomic mass is 9.92. The van der Waals surface area contributed by atoms with Gasteiger partial charge in [0.1, 0.15) is 0 Å². The van der Waals surface area contributed by atoms with Gasteiger partial charge in [0.2, 0.25) is 0 Å². The van der Waals surface area contributed by atoms with E-state index in [1.54, 1.807) is 23.1 Å². The predicted molar refractivity (Wildman–Crippen MR) is 83.9 cm³/mol. The Morgan fingerprint density at radius 2 is 2.00 bits per heavy atom. The minimum absolute atomic E-state index is 0.100. The van der Waals surface area contributed by atoms with Gasteiger partial charge in [-0.25, -0.2) is 0 Å². The van der Waals surface area contributed by atoms with Crippen molar-refractivity contribution >= 4 is 23.1 Å². The molecule has 4 heteroatoms. The Kier molecular flexibility index (Phi) is 5.45. The molecule has 0 amide bonds. The SMILES string of the molecule is CCNC(CO)(CSc1cccs1)c1ccccc1. The Morgan fingerprint density at radius 1 is 1.21 bits per heavy atom. The van der Waals surface area contributed by atoms with Gasteiger partial charge < -0.3 is 10.4 Å². The van der Waals surface area contributed by atoms with E-state index in [-0.39, 0.29) is 12.1 Å². The minimum Gasteiger partial charge on any atom is -0.394 e. The molecule has 2 aromatic rings. The van der Waals surface area contributed by atoms with Gasteiger partial charge >= 0.3 is 0 Å². The number of thiophene rings is 1. The van der Waals surface area contributed by atoms with Crippen molar-refractivity contribution in [2.45, 2.75) is 16.7 Å². The first kappa shape index (κ1) is 14.6. The summed E-state index contributed by atoms with van der Waals surface area (Å²) in [5.74, 6) is 0.821. The monoisotopic (exact) mass is 293 g/mol. The van der Waals surface area contributed by atoms with Gasteiger partial charge in [-0.1, -0.05) is 43.3 Å². The molecule has 1 heterocycles. The molecule has 0 saturated carbocycles. The number of rotatable bonds is 7. The van der Waals surface area contributed by atoms with Crippen LogP contribution in [0.2, 0.25) is 0 Å². The fourth-order valence-electron chi connectivity index (χ4n) is 2.06. The number of hydrogen-bond donors (Lipinski definition) is 2. The largest absolute Gasteiger partial charge is 0.394 e. The van der Waals surface area contributed by atoms with Gasteiger partial charge in [-0.15, -0.1) is 23.1 Å². The fraction of sp³-hybridized carbons (Fsp3) is 0.333. The Bertz CT molecular complexity index is 472. The highest BCUT2D eigenvalue weighted by molar-refractivity contribution is 8.01. The van der Waals surface area contributed by atoms with Crippen molar-refractivity contribution in [2.24, 2.45) is 0 Å². The third kappa shape index (κ3) is 3.60. The number of aliphatic hydroxyl groups is 1. The van der Waals surface area contributed by atoms with Crippen LogP contribution in [0.15, 0.2) is 52.1 Å². The smallest absolute Gasteiger partial charge is 0.0764 e. The van der Waals surface area contributed by atoms with Crippen LogP contribution in [0, 0.1) is 0 Å². The van der Waals surface area contributed by atoms with E-state index >= 15 is 0 Å². The first-order chi connectivity index (χ1) is 9.30. The van der Waals surface area contributed by atoms with E-state index in [1.807, 2.05) is 18.2 Å². The molecule has 2 rings (SSSR count). The summed E-state index contributed by atoms with van der Waals surface area (Å²) in [4.78, 5) is 0. The van der Waals surface area contributed by atoms with Gasteiger partial charge in [0.25, 0.3) is 0 Å². The molecular weight excluding hydrogens is 274 g/mol. The first-order valence-corrected chi connectivity index (χ1v) is 8.25. The van der Waals surface area contributed by atoms with Crippen LogP contribution in [0.3, 0.4) is 0 Å². The van der Waals surface area contributed by atoms with Crippen LogP contribution in [-0.2, 0) is 5.54 Å². The van der Waals surface area contributed by atoms with E-state index < -0.39 is 0 Å². The molecule has 0 aliphatic carbocycles. The molecule has 102 valence electrons. The summed E-state index contributed by atoms with van der Waals surface area (Å²) in [5.41, 5.74) is 0.772. The van der Waals surface area contributed by atoms with Crippen LogP contribution in [0.5, 0.6) is 0 Å². The second kappa shape index (κ2) is 7.10. The zero-order valence-electron chi connectivity index (χ0n) is 11.0. The second-order valence-electron chi connectivity index (χ2n) is 4.36. The molecule has 19 heavy (non-hydrogen) atoms. The summed E-state index contributed by atoms with van der Waals surface area (Å²) in [5, 5.41) is 15.5. The Hall–Kier alpha value is -0.810. The number of likely N-dealkylation sites (N-methyl/N-ethyl adjacent to an activating group) is 1. The van der Waals surface area contributed by atoms with Crippen molar-refractivity contribution in [3.8, 4) is 0 Å². The normalized spacial score (nSPS) is 14.2. The average molecular weight is 293 g/mol. The van der Waals surface area contributed by atoms with E-state index in [1.165, 1.54) is 4.21 Å². The van der Waals surface area contributed by atoms with E-state index in [9.17, 15) is 5.11 Å². The number of aliphatic hydroxyl groups excluding tert-OH is 1. The van der Waals surface area contributed by atoms with Crippen molar-refractivity contribution in [1.29, 1.82) is 0 Å². The molecule has 0 radical (unpaired) electrons. The zero-order valence-corrected chi connectivity index (χ0v) is 12.6. The molecular formula is C15H19NOS2. The number of benzene rings is 1. The molecule has 1 aromatic heterocycles. The molecule has 0 spiro atoms. The highest BCUT2D eigenvalue weighted by Gasteiger charge is 2.30. The van der Waals surface area contributed by atoms with Gasteiger partial charge in [0, 0.05) is 5.75 Å². The molecule has 0 fully saturated rings. The zero-order chi connectivity index (χ0) is 13.6. The lowest BCUT2D eigenvalue weighted by Gasteiger charge is -2.33. The number of nitrogens with one attached hydrogen (secondary N) is 1. The average Bonchev–Trinajstić information content (AvgIpc) is 2.98. The standard InChI is InChI=1S/C15H19NOS2/c1-2-16-15(11-17,13-7-4-3-5-8-13)12-19-14-9-6-10-18-14/h3-10,16-17H,2,11-12H2,1H3. The molecule has 0 saturated heterocycles. The van der Waals surface area contributed by atoms with E-state index in [4.69, 9.17) is 0 Å². The highest BCUT2D eigenvalue weighted by Crippen LogP contribution is 2.31. The first-order valence-electron chi connectivity index (χ1n) is 6.38. The number of thioether (sulfide) groups is 1.